The first-order valence-corrected chi connectivity index (χ1v) is 7.68. The number of aromatic nitrogens is 2. The zero-order chi connectivity index (χ0) is 18.0. The van der Waals surface area contributed by atoms with Crippen molar-refractivity contribution in [1.82, 2.24) is 14.7 Å². The number of nitrogens with zero attached hydrogens (tertiary/aromatic N) is 4. The van der Waals surface area contributed by atoms with Crippen molar-refractivity contribution in [1.29, 1.82) is 0 Å². The Morgan fingerprint density at radius 2 is 1.76 bits per heavy atom. The van der Waals surface area contributed by atoms with Gasteiger partial charge in [0.1, 0.15) is 5.75 Å². The summed E-state index contributed by atoms with van der Waals surface area (Å²) in [6.07, 6.45) is -3.13. The number of halogens is 3. The summed E-state index contributed by atoms with van der Waals surface area (Å²) in [4.78, 5) is 15.9. The fourth-order valence-corrected chi connectivity index (χ4v) is 2.67. The minimum absolute atomic E-state index is 0.409. The molecule has 25 heavy (non-hydrogen) atoms. The van der Waals surface area contributed by atoms with Crippen LogP contribution in [-0.4, -0.2) is 54.0 Å². The quantitative estimate of drug-likeness (QED) is 0.832. The van der Waals surface area contributed by atoms with E-state index < -0.39 is 17.8 Å². The van der Waals surface area contributed by atoms with Crippen LogP contribution in [-0.2, 0) is 6.18 Å². The van der Waals surface area contributed by atoms with Gasteiger partial charge in [-0.2, -0.15) is 23.0 Å². The van der Waals surface area contributed by atoms with Gasteiger partial charge in [-0.05, 0) is 24.3 Å². The van der Waals surface area contributed by atoms with Crippen LogP contribution in [0.1, 0.15) is 5.56 Å². The molecule has 0 atom stereocenters. The molecule has 6 nitrogen and oxygen atoms in total. The van der Waals surface area contributed by atoms with Crippen LogP contribution in [0.4, 0.5) is 23.7 Å². The number of methoxy groups -OCH3 is 1. The number of ether oxygens (including phenoxy) is 1. The summed E-state index contributed by atoms with van der Waals surface area (Å²) < 4.78 is 43.7. The summed E-state index contributed by atoms with van der Waals surface area (Å²) in [6, 6.07) is 7.02. The van der Waals surface area contributed by atoms with E-state index in [1.165, 1.54) is 4.90 Å². The summed E-state index contributed by atoms with van der Waals surface area (Å²) in [5, 5.41) is 3.53. The third-order valence-corrected chi connectivity index (χ3v) is 4.09. The van der Waals surface area contributed by atoms with E-state index in [-0.39, 0.29) is 0 Å². The van der Waals surface area contributed by atoms with Crippen LogP contribution in [0, 0.1) is 0 Å². The fraction of sp³-hybridized carbons (Fsp3) is 0.375. The number of amides is 1. The number of anilines is 1. The Balaban J connectivity index is 1.61. The molecule has 2 aromatic rings. The van der Waals surface area contributed by atoms with E-state index in [9.17, 15) is 18.0 Å². The molecule has 0 spiro atoms. The van der Waals surface area contributed by atoms with Crippen molar-refractivity contribution in [2.24, 2.45) is 0 Å². The van der Waals surface area contributed by atoms with Crippen molar-refractivity contribution >= 4 is 11.7 Å². The summed E-state index contributed by atoms with van der Waals surface area (Å²) in [5.41, 5.74) is 0.0732. The van der Waals surface area contributed by atoms with Gasteiger partial charge in [-0.25, -0.2) is 4.79 Å². The van der Waals surface area contributed by atoms with Gasteiger partial charge in [0, 0.05) is 38.1 Å². The number of alkyl halides is 3. The Kier molecular flexibility index (Phi) is 4.56. The minimum atomic E-state index is -4.51. The molecule has 1 amide bonds. The largest absolute Gasteiger partial charge is 0.497 e. The lowest BCUT2D eigenvalue weighted by molar-refractivity contribution is -0.137. The second-order valence-electron chi connectivity index (χ2n) is 5.63. The molecule has 0 radical (unpaired) electrons. The number of hydrogen-bond acceptors (Lipinski definition) is 4. The second kappa shape index (κ2) is 6.66. The maximum atomic E-state index is 12.6. The Morgan fingerprint density at radius 3 is 2.28 bits per heavy atom. The number of carbonyl (C=O) groups is 1. The summed E-state index contributed by atoms with van der Waals surface area (Å²) in [7, 11) is 1.60. The Hall–Kier alpha value is -2.71. The lowest BCUT2D eigenvalue weighted by Gasteiger charge is -2.35. The molecule has 1 aliphatic rings. The number of piperazine rings is 1. The van der Waals surface area contributed by atoms with Crippen LogP contribution in [0.2, 0.25) is 0 Å². The van der Waals surface area contributed by atoms with Gasteiger partial charge < -0.3 is 14.5 Å². The van der Waals surface area contributed by atoms with Crippen LogP contribution >= 0.6 is 0 Å². The van der Waals surface area contributed by atoms with Gasteiger partial charge in [0.25, 0.3) is 0 Å². The van der Waals surface area contributed by atoms with E-state index in [1.54, 1.807) is 7.11 Å². The first kappa shape index (κ1) is 17.1. The third kappa shape index (κ3) is 3.70. The molecule has 1 saturated heterocycles. The van der Waals surface area contributed by atoms with Crippen molar-refractivity contribution in [3.8, 4) is 5.75 Å². The second-order valence-corrected chi connectivity index (χ2v) is 5.63. The number of carbonyl (C=O) groups excluding carboxylic acids is 1. The van der Waals surface area contributed by atoms with Crippen molar-refractivity contribution in [2.45, 2.75) is 6.18 Å². The first-order chi connectivity index (χ1) is 11.9. The predicted molar refractivity (Wildman–Crippen MR) is 84.8 cm³/mol. The predicted octanol–water partition coefficient (Wildman–Crippen LogP) is 2.70. The highest BCUT2D eigenvalue weighted by Crippen LogP contribution is 2.28. The van der Waals surface area contributed by atoms with Gasteiger partial charge in [0.05, 0.1) is 18.9 Å². The summed E-state index contributed by atoms with van der Waals surface area (Å²) in [5.74, 6) is 0.761. The van der Waals surface area contributed by atoms with E-state index >= 15 is 0 Å². The molecule has 9 heteroatoms. The normalized spacial score (nSPS) is 15.4. The smallest absolute Gasteiger partial charge is 0.419 e. The SMILES string of the molecule is COc1ccc(N2CCN(C(=O)n3cc(C(F)(F)F)cn3)CC2)cc1. The molecule has 0 aliphatic carbocycles. The number of hydrogen-bond donors (Lipinski definition) is 0. The molecule has 134 valence electrons. The average molecular weight is 354 g/mol. The molecule has 1 aliphatic heterocycles. The van der Waals surface area contributed by atoms with Crippen molar-refractivity contribution in [3.05, 3.63) is 42.2 Å². The molecule has 1 aromatic carbocycles. The monoisotopic (exact) mass is 354 g/mol. The minimum Gasteiger partial charge on any atom is -0.497 e. The van der Waals surface area contributed by atoms with Gasteiger partial charge in [0.2, 0.25) is 0 Å². The van der Waals surface area contributed by atoms with E-state index in [1.807, 2.05) is 24.3 Å². The van der Waals surface area contributed by atoms with Gasteiger partial charge in [-0.3, -0.25) is 0 Å². The van der Waals surface area contributed by atoms with Gasteiger partial charge >= 0.3 is 12.2 Å². The van der Waals surface area contributed by atoms with Crippen LogP contribution < -0.4 is 9.64 Å². The van der Waals surface area contributed by atoms with Crippen molar-refractivity contribution in [3.63, 3.8) is 0 Å². The lowest BCUT2D eigenvalue weighted by atomic mass is 10.2. The molecule has 1 fully saturated rings. The lowest BCUT2D eigenvalue weighted by Crippen LogP contribution is -2.50. The molecule has 1 aromatic heterocycles. The standard InChI is InChI=1S/C16H17F3N4O2/c1-25-14-4-2-13(3-5-14)21-6-8-22(9-7-21)15(24)23-11-12(10-20-23)16(17,18)19/h2-5,10-11H,6-9H2,1H3. The highest BCUT2D eigenvalue weighted by Gasteiger charge is 2.33. The molecule has 0 unspecified atom stereocenters. The van der Waals surface area contributed by atoms with Crippen LogP contribution in [0.25, 0.3) is 0 Å². The summed E-state index contributed by atoms with van der Waals surface area (Å²) in [6.45, 7) is 2.00. The Morgan fingerprint density at radius 1 is 1.12 bits per heavy atom. The van der Waals surface area contributed by atoms with Gasteiger partial charge in [0.15, 0.2) is 0 Å². The maximum absolute atomic E-state index is 12.6. The zero-order valence-corrected chi connectivity index (χ0v) is 13.5. The maximum Gasteiger partial charge on any atom is 0.419 e. The number of benzene rings is 1. The summed E-state index contributed by atoms with van der Waals surface area (Å²) >= 11 is 0. The first-order valence-electron chi connectivity index (χ1n) is 7.68. The average Bonchev–Trinajstić information content (AvgIpc) is 3.12. The molecule has 2 heterocycles. The molecule has 0 saturated carbocycles. The van der Waals surface area contributed by atoms with Gasteiger partial charge in [-0.15, -0.1) is 0 Å². The van der Waals surface area contributed by atoms with Crippen molar-refractivity contribution in [2.75, 3.05) is 38.2 Å². The van der Waals surface area contributed by atoms with E-state index in [0.717, 1.165) is 22.3 Å². The highest BCUT2D eigenvalue weighted by atomic mass is 19.4. The van der Waals surface area contributed by atoms with Crippen molar-refractivity contribution < 1.29 is 22.7 Å². The van der Waals surface area contributed by atoms with Crippen LogP contribution in [0.15, 0.2) is 36.7 Å². The topological polar surface area (TPSA) is 50.6 Å². The fourth-order valence-electron chi connectivity index (χ4n) is 2.67. The Labute approximate surface area is 142 Å². The number of rotatable bonds is 2. The van der Waals surface area contributed by atoms with Gasteiger partial charge in [-0.1, -0.05) is 0 Å². The van der Waals surface area contributed by atoms with E-state index in [0.29, 0.717) is 32.4 Å². The van der Waals surface area contributed by atoms with E-state index in [2.05, 4.69) is 10.00 Å². The van der Waals surface area contributed by atoms with Crippen LogP contribution in [0.3, 0.4) is 0 Å². The molecular weight excluding hydrogens is 337 g/mol. The zero-order valence-electron chi connectivity index (χ0n) is 13.5. The van der Waals surface area contributed by atoms with Crippen LogP contribution in [0.5, 0.6) is 5.75 Å². The Bertz CT molecular complexity index is 735. The molecule has 0 bridgehead atoms. The molecule has 3 rings (SSSR count). The molecule has 0 N–H and O–H groups in total. The third-order valence-electron chi connectivity index (χ3n) is 4.09. The van der Waals surface area contributed by atoms with E-state index in [4.69, 9.17) is 4.74 Å². The molecular formula is C16H17F3N4O2. The highest BCUT2D eigenvalue weighted by molar-refractivity contribution is 5.76.